The second kappa shape index (κ2) is 4.82. The summed E-state index contributed by atoms with van der Waals surface area (Å²) in [4.78, 5) is 28.3. The molecule has 7 heteroatoms. The Labute approximate surface area is 101 Å². The van der Waals surface area contributed by atoms with Crippen molar-refractivity contribution in [2.24, 2.45) is 0 Å². The number of nitrogens with one attached hydrogen (secondary N) is 2. The molecule has 0 saturated heterocycles. The van der Waals surface area contributed by atoms with Crippen LogP contribution >= 0.6 is 0 Å². The zero-order valence-corrected chi connectivity index (χ0v) is 9.61. The van der Waals surface area contributed by atoms with Gasteiger partial charge in [0.15, 0.2) is 0 Å². The number of anilines is 1. The van der Waals surface area contributed by atoms with Crippen LogP contribution in [0.25, 0.3) is 0 Å². The Hall–Kier alpha value is -2.44. The highest BCUT2D eigenvalue weighted by molar-refractivity contribution is 5.36. The van der Waals surface area contributed by atoms with Crippen LogP contribution < -0.4 is 16.6 Å². The zero-order valence-electron chi connectivity index (χ0n) is 9.61. The molecule has 0 spiro atoms. The Balaban J connectivity index is 2.36. The molecule has 6 nitrogen and oxygen atoms in total. The monoisotopic (exact) mass is 250 g/mol. The number of aromatic amines is 1. The highest BCUT2D eigenvalue weighted by Crippen LogP contribution is 2.06. The lowest BCUT2D eigenvalue weighted by atomic mass is 10.2. The number of pyridine rings is 1. The molecule has 0 aromatic carbocycles. The third-order valence-corrected chi connectivity index (χ3v) is 2.40. The van der Waals surface area contributed by atoms with Gasteiger partial charge in [-0.1, -0.05) is 0 Å². The van der Waals surface area contributed by atoms with Crippen LogP contribution in [0.2, 0.25) is 0 Å². The molecule has 94 valence electrons. The molecule has 0 aliphatic rings. The summed E-state index contributed by atoms with van der Waals surface area (Å²) in [5.74, 6) is -0.344. The second-order valence-corrected chi connectivity index (χ2v) is 3.66. The van der Waals surface area contributed by atoms with Crippen LogP contribution in [0.4, 0.5) is 10.2 Å². The number of aromatic nitrogens is 3. The van der Waals surface area contributed by atoms with Crippen LogP contribution in [0.1, 0.15) is 5.56 Å². The molecule has 18 heavy (non-hydrogen) atoms. The molecule has 2 heterocycles. The third-order valence-electron chi connectivity index (χ3n) is 2.40. The molecule has 0 unspecified atom stereocenters. The standard InChI is InChI=1S/C11H11FN4O2/c1-13-9-4-7(2-3-14-9)5-16-6-8(12)10(17)15-11(16)18/h2-4,6H,5H2,1H3,(H,13,14)(H,15,17,18). The van der Waals surface area contributed by atoms with E-state index in [0.29, 0.717) is 5.82 Å². The third kappa shape index (κ3) is 2.45. The van der Waals surface area contributed by atoms with Gasteiger partial charge in [0.25, 0.3) is 5.56 Å². The highest BCUT2D eigenvalue weighted by atomic mass is 19.1. The van der Waals surface area contributed by atoms with Gasteiger partial charge in [0.05, 0.1) is 12.7 Å². The maximum absolute atomic E-state index is 13.1. The lowest BCUT2D eigenvalue weighted by Gasteiger charge is -2.06. The molecule has 2 rings (SSSR count). The van der Waals surface area contributed by atoms with Crippen LogP contribution in [-0.4, -0.2) is 21.6 Å². The van der Waals surface area contributed by atoms with Crippen molar-refractivity contribution >= 4 is 5.82 Å². The van der Waals surface area contributed by atoms with E-state index >= 15 is 0 Å². The summed E-state index contributed by atoms with van der Waals surface area (Å²) >= 11 is 0. The quantitative estimate of drug-likeness (QED) is 0.813. The smallest absolute Gasteiger partial charge is 0.328 e. The van der Waals surface area contributed by atoms with Crippen LogP contribution in [0.3, 0.4) is 0 Å². The molecule has 0 bridgehead atoms. The molecule has 0 fully saturated rings. The van der Waals surface area contributed by atoms with Crippen LogP contribution in [0.15, 0.2) is 34.1 Å². The summed E-state index contributed by atoms with van der Waals surface area (Å²) in [6.07, 6.45) is 2.47. The first-order valence-electron chi connectivity index (χ1n) is 5.22. The molecular weight excluding hydrogens is 239 g/mol. The molecular formula is C11H11FN4O2. The van der Waals surface area contributed by atoms with Crippen molar-refractivity contribution in [3.8, 4) is 0 Å². The molecule has 0 radical (unpaired) electrons. The molecule has 2 aromatic rings. The maximum Gasteiger partial charge on any atom is 0.328 e. The van der Waals surface area contributed by atoms with Crippen molar-refractivity contribution in [3.05, 3.63) is 56.7 Å². The number of halogens is 1. The van der Waals surface area contributed by atoms with E-state index in [1.807, 2.05) is 4.98 Å². The van der Waals surface area contributed by atoms with Crippen molar-refractivity contribution in [1.29, 1.82) is 0 Å². The molecule has 0 amide bonds. The fourth-order valence-electron chi connectivity index (χ4n) is 1.51. The van der Waals surface area contributed by atoms with E-state index in [0.717, 1.165) is 16.3 Å². The Morgan fingerprint density at radius 3 is 3.00 bits per heavy atom. The minimum absolute atomic E-state index is 0.156. The van der Waals surface area contributed by atoms with E-state index in [1.54, 1.807) is 25.4 Å². The minimum Gasteiger partial charge on any atom is -0.373 e. The van der Waals surface area contributed by atoms with Gasteiger partial charge in [-0.25, -0.2) is 9.78 Å². The van der Waals surface area contributed by atoms with Crippen molar-refractivity contribution in [2.75, 3.05) is 12.4 Å². The SMILES string of the molecule is CNc1cc(Cn2cc(F)c(=O)[nH]c2=O)ccn1. The van der Waals surface area contributed by atoms with E-state index in [2.05, 4.69) is 10.3 Å². The Morgan fingerprint density at radius 1 is 1.50 bits per heavy atom. The molecule has 2 aromatic heterocycles. The van der Waals surface area contributed by atoms with Crippen molar-refractivity contribution in [3.63, 3.8) is 0 Å². The van der Waals surface area contributed by atoms with Crippen molar-refractivity contribution in [2.45, 2.75) is 6.54 Å². The summed E-state index contributed by atoms with van der Waals surface area (Å²) in [6, 6.07) is 3.44. The predicted molar refractivity (Wildman–Crippen MR) is 64.2 cm³/mol. The topological polar surface area (TPSA) is 79.8 Å². The van der Waals surface area contributed by atoms with Gasteiger partial charge in [0.2, 0.25) is 5.82 Å². The summed E-state index contributed by atoms with van der Waals surface area (Å²) in [7, 11) is 1.72. The van der Waals surface area contributed by atoms with Gasteiger partial charge in [0, 0.05) is 13.2 Å². The first-order chi connectivity index (χ1) is 8.60. The van der Waals surface area contributed by atoms with E-state index in [9.17, 15) is 14.0 Å². The molecule has 0 aliphatic carbocycles. The van der Waals surface area contributed by atoms with Crippen LogP contribution in [0.5, 0.6) is 0 Å². The van der Waals surface area contributed by atoms with E-state index in [1.165, 1.54) is 0 Å². The summed E-state index contributed by atoms with van der Waals surface area (Å²) in [5, 5.41) is 2.86. The van der Waals surface area contributed by atoms with Crippen LogP contribution in [-0.2, 0) is 6.54 Å². The van der Waals surface area contributed by atoms with Crippen molar-refractivity contribution in [1.82, 2.24) is 14.5 Å². The number of H-pyrrole nitrogens is 1. The fourth-order valence-corrected chi connectivity index (χ4v) is 1.51. The largest absolute Gasteiger partial charge is 0.373 e. The first kappa shape index (κ1) is 12.0. The second-order valence-electron chi connectivity index (χ2n) is 3.66. The first-order valence-corrected chi connectivity index (χ1v) is 5.22. The Kier molecular flexibility index (Phi) is 3.22. The molecule has 0 atom stereocenters. The summed E-state index contributed by atoms with van der Waals surface area (Å²) in [6.45, 7) is 0.156. The van der Waals surface area contributed by atoms with Gasteiger partial charge in [-0.15, -0.1) is 0 Å². The van der Waals surface area contributed by atoms with Gasteiger partial charge in [0.1, 0.15) is 5.82 Å². The average Bonchev–Trinajstić information content (AvgIpc) is 2.36. The molecule has 0 aliphatic heterocycles. The van der Waals surface area contributed by atoms with Gasteiger partial charge >= 0.3 is 5.69 Å². The fraction of sp³-hybridized carbons (Fsp3) is 0.182. The minimum atomic E-state index is -1.01. The van der Waals surface area contributed by atoms with E-state index in [-0.39, 0.29) is 6.54 Å². The van der Waals surface area contributed by atoms with Gasteiger partial charge in [-0.3, -0.25) is 14.3 Å². The Morgan fingerprint density at radius 2 is 2.28 bits per heavy atom. The van der Waals surface area contributed by atoms with E-state index < -0.39 is 17.1 Å². The lowest BCUT2D eigenvalue weighted by molar-refractivity contribution is 0.566. The van der Waals surface area contributed by atoms with Gasteiger partial charge in [-0.2, -0.15) is 4.39 Å². The number of rotatable bonds is 3. The lowest BCUT2D eigenvalue weighted by Crippen LogP contribution is -2.31. The number of hydrogen-bond acceptors (Lipinski definition) is 4. The predicted octanol–water partition coefficient (Wildman–Crippen LogP) is 0.161. The highest BCUT2D eigenvalue weighted by Gasteiger charge is 2.04. The maximum atomic E-state index is 13.1. The number of nitrogens with zero attached hydrogens (tertiary/aromatic N) is 2. The normalized spacial score (nSPS) is 10.3. The van der Waals surface area contributed by atoms with Gasteiger partial charge in [-0.05, 0) is 17.7 Å². The van der Waals surface area contributed by atoms with Gasteiger partial charge < -0.3 is 5.32 Å². The summed E-state index contributed by atoms with van der Waals surface area (Å²) < 4.78 is 14.2. The summed E-state index contributed by atoms with van der Waals surface area (Å²) in [5.41, 5.74) is -0.894. The average molecular weight is 250 g/mol. The van der Waals surface area contributed by atoms with Crippen LogP contribution in [0, 0.1) is 5.82 Å². The van der Waals surface area contributed by atoms with Crippen molar-refractivity contribution < 1.29 is 4.39 Å². The molecule has 0 saturated carbocycles. The van der Waals surface area contributed by atoms with E-state index in [4.69, 9.17) is 0 Å². The number of hydrogen-bond donors (Lipinski definition) is 2. The molecule has 2 N–H and O–H groups in total. The zero-order chi connectivity index (χ0) is 13.1. The Bertz CT molecular complexity index is 677.